The summed E-state index contributed by atoms with van der Waals surface area (Å²) in [6, 6.07) is 12.4. The summed E-state index contributed by atoms with van der Waals surface area (Å²) in [5.41, 5.74) is 5.27. The first-order valence-corrected chi connectivity index (χ1v) is 7.15. The van der Waals surface area contributed by atoms with Crippen molar-refractivity contribution in [2.24, 2.45) is 0 Å². The molecule has 0 amide bonds. The fraction of sp³-hybridized carbons (Fsp3) is 0.235. The number of ether oxygens (including phenoxy) is 1. The van der Waals surface area contributed by atoms with Gasteiger partial charge in [-0.3, -0.25) is 0 Å². The highest BCUT2D eigenvalue weighted by Crippen LogP contribution is 2.37. The lowest BCUT2D eigenvalue weighted by atomic mass is 10.0. The average Bonchev–Trinajstić information content (AvgIpc) is 3.12. The number of nitrogens with zero attached hydrogens (tertiary/aromatic N) is 1. The largest absolute Gasteiger partial charge is 0.492 e. The van der Waals surface area contributed by atoms with E-state index < -0.39 is 6.10 Å². The van der Waals surface area contributed by atoms with E-state index in [0.29, 0.717) is 5.82 Å². The number of hydrogen-bond acceptors (Lipinski definition) is 3. The number of benzene rings is 2. The Bertz CT molecular complexity index is 821. The Kier molecular flexibility index (Phi) is 2.72. The molecule has 0 fully saturated rings. The quantitative estimate of drug-likeness (QED) is 0.757. The number of aliphatic hydroxyl groups excluding tert-OH is 1. The van der Waals surface area contributed by atoms with Crippen molar-refractivity contribution in [3.63, 3.8) is 0 Å². The molecule has 2 aromatic carbocycles. The molecule has 3 aromatic rings. The van der Waals surface area contributed by atoms with Crippen molar-refractivity contribution in [1.82, 2.24) is 9.97 Å². The van der Waals surface area contributed by atoms with Crippen molar-refractivity contribution in [2.45, 2.75) is 19.4 Å². The number of nitrogens with one attached hydrogen (secondary N) is 1. The molecule has 2 heterocycles. The molecule has 1 aliphatic rings. The van der Waals surface area contributed by atoms with Crippen molar-refractivity contribution in [1.29, 1.82) is 0 Å². The van der Waals surface area contributed by atoms with Crippen LogP contribution in [0.3, 0.4) is 0 Å². The van der Waals surface area contributed by atoms with E-state index in [2.05, 4.69) is 34.2 Å². The van der Waals surface area contributed by atoms with Crippen molar-refractivity contribution in [3.8, 4) is 16.9 Å². The Morgan fingerprint density at radius 2 is 2.19 bits per heavy atom. The highest BCUT2D eigenvalue weighted by molar-refractivity contribution is 5.84. The number of H-pyrrole nitrogens is 1. The van der Waals surface area contributed by atoms with Crippen LogP contribution in [0.15, 0.2) is 36.4 Å². The maximum Gasteiger partial charge on any atom is 0.135 e. The van der Waals surface area contributed by atoms with Gasteiger partial charge in [0.05, 0.1) is 17.6 Å². The van der Waals surface area contributed by atoms with Gasteiger partial charge >= 0.3 is 0 Å². The number of hydrogen-bond donors (Lipinski definition) is 2. The lowest BCUT2D eigenvalue weighted by Crippen LogP contribution is -1.92. The maximum absolute atomic E-state index is 9.62. The highest BCUT2D eigenvalue weighted by Gasteiger charge is 2.17. The SMILES string of the molecule is C[C@@H](O)c1nc2ccc(-c3cccc4c3OCC4)cc2[nH]1. The second-order valence-corrected chi connectivity index (χ2v) is 5.42. The number of aromatic nitrogens is 2. The summed E-state index contributed by atoms with van der Waals surface area (Å²) in [5, 5.41) is 9.62. The molecule has 0 unspecified atom stereocenters. The van der Waals surface area contributed by atoms with Gasteiger partial charge in [0, 0.05) is 12.0 Å². The van der Waals surface area contributed by atoms with Gasteiger partial charge in [-0.2, -0.15) is 0 Å². The Morgan fingerprint density at radius 1 is 1.29 bits per heavy atom. The van der Waals surface area contributed by atoms with Gasteiger partial charge < -0.3 is 14.8 Å². The molecule has 4 heteroatoms. The standard InChI is InChI=1S/C17H16N2O2/c1-10(20)17-18-14-6-5-12(9-15(14)19-17)13-4-2-3-11-7-8-21-16(11)13/h2-6,9-10,20H,7-8H2,1H3,(H,18,19)/t10-/m1/s1. The Balaban J connectivity index is 1.86. The second-order valence-electron chi connectivity index (χ2n) is 5.42. The van der Waals surface area contributed by atoms with E-state index in [0.717, 1.165) is 40.9 Å². The van der Waals surface area contributed by atoms with E-state index in [4.69, 9.17) is 4.74 Å². The first kappa shape index (κ1) is 12.4. The zero-order valence-corrected chi connectivity index (χ0v) is 11.8. The molecular weight excluding hydrogens is 264 g/mol. The molecule has 2 N–H and O–H groups in total. The Labute approximate surface area is 122 Å². The first-order chi connectivity index (χ1) is 10.2. The third-order valence-corrected chi connectivity index (χ3v) is 3.92. The molecule has 0 spiro atoms. The lowest BCUT2D eigenvalue weighted by molar-refractivity contribution is 0.190. The predicted molar refractivity (Wildman–Crippen MR) is 81.4 cm³/mol. The van der Waals surface area contributed by atoms with E-state index >= 15 is 0 Å². The van der Waals surface area contributed by atoms with E-state index in [1.807, 2.05) is 12.1 Å². The molecule has 1 aliphatic heterocycles. The number of aromatic amines is 1. The molecule has 21 heavy (non-hydrogen) atoms. The third-order valence-electron chi connectivity index (χ3n) is 3.92. The van der Waals surface area contributed by atoms with Gasteiger partial charge in [0.15, 0.2) is 0 Å². The molecule has 4 nitrogen and oxygen atoms in total. The van der Waals surface area contributed by atoms with Crippen LogP contribution in [-0.2, 0) is 6.42 Å². The topological polar surface area (TPSA) is 58.1 Å². The monoisotopic (exact) mass is 280 g/mol. The van der Waals surface area contributed by atoms with Gasteiger partial charge in [-0.25, -0.2) is 4.98 Å². The molecule has 0 saturated carbocycles. The number of para-hydroxylation sites is 1. The van der Waals surface area contributed by atoms with Gasteiger partial charge in [0.2, 0.25) is 0 Å². The molecule has 1 atom stereocenters. The van der Waals surface area contributed by atoms with Crippen LogP contribution < -0.4 is 4.74 Å². The zero-order chi connectivity index (χ0) is 14.4. The van der Waals surface area contributed by atoms with Gasteiger partial charge in [0.25, 0.3) is 0 Å². The summed E-state index contributed by atoms with van der Waals surface area (Å²) >= 11 is 0. The Hall–Kier alpha value is -2.33. The van der Waals surface area contributed by atoms with Gasteiger partial charge in [0.1, 0.15) is 17.7 Å². The average molecular weight is 280 g/mol. The summed E-state index contributed by atoms with van der Waals surface area (Å²) < 4.78 is 5.77. The van der Waals surface area contributed by atoms with Gasteiger partial charge in [-0.15, -0.1) is 0 Å². The van der Waals surface area contributed by atoms with Crippen LogP contribution in [0.25, 0.3) is 22.2 Å². The first-order valence-electron chi connectivity index (χ1n) is 7.15. The van der Waals surface area contributed by atoms with E-state index in [9.17, 15) is 5.11 Å². The van der Waals surface area contributed by atoms with Crippen molar-refractivity contribution in [2.75, 3.05) is 6.61 Å². The van der Waals surface area contributed by atoms with Crippen LogP contribution in [0.5, 0.6) is 5.75 Å². The minimum Gasteiger partial charge on any atom is -0.492 e. The third kappa shape index (κ3) is 1.99. The van der Waals surface area contributed by atoms with E-state index in [-0.39, 0.29) is 0 Å². The fourth-order valence-corrected chi connectivity index (χ4v) is 2.84. The summed E-state index contributed by atoms with van der Waals surface area (Å²) in [6.07, 6.45) is 0.381. The lowest BCUT2D eigenvalue weighted by Gasteiger charge is -2.08. The Morgan fingerprint density at radius 3 is 3.05 bits per heavy atom. The molecule has 0 saturated heterocycles. The van der Waals surface area contributed by atoms with Crippen LogP contribution in [0.1, 0.15) is 24.4 Å². The van der Waals surface area contributed by atoms with Crippen LogP contribution in [0, 0.1) is 0 Å². The number of fused-ring (bicyclic) bond motifs is 2. The summed E-state index contributed by atoms with van der Waals surface area (Å²) in [6.45, 7) is 2.46. The van der Waals surface area contributed by atoms with Crippen molar-refractivity contribution < 1.29 is 9.84 Å². The highest BCUT2D eigenvalue weighted by atomic mass is 16.5. The molecule has 4 rings (SSSR count). The minimum absolute atomic E-state index is 0.592. The molecule has 106 valence electrons. The fourth-order valence-electron chi connectivity index (χ4n) is 2.84. The number of rotatable bonds is 2. The summed E-state index contributed by atoms with van der Waals surface area (Å²) in [4.78, 5) is 7.55. The van der Waals surface area contributed by atoms with Crippen LogP contribution in [-0.4, -0.2) is 21.7 Å². The predicted octanol–water partition coefficient (Wildman–Crippen LogP) is 3.22. The molecule has 0 radical (unpaired) electrons. The van der Waals surface area contributed by atoms with Crippen molar-refractivity contribution >= 4 is 11.0 Å². The smallest absolute Gasteiger partial charge is 0.135 e. The van der Waals surface area contributed by atoms with Crippen LogP contribution >= 0.6 is 0 Å². The number of aliphatic hydroxyl groups is 1. The normalized spacial score (nSPS) is 15.0. The summed E-state index contributed by atoms with van der Waals surface area (Å²) in [5.74, 6) is 1.59. The van der Waals surface area contributed by atoms with Crippen molar-refractivity contribution in [3.05, 3.63) is 47.8 Å². The molecule has 0 bridgehead atoms. The minimum atomic E-state index is -0.592. The van der Waals surface area contributed by atoms with Crippen LogP contribution in [0.2, 0.25) is 0 Å². The molecule has 1 aromatic heterocycles. The molecule has 0 aliphatic carbocycles. The summed E-state index contributed by atoms with van der Waals surface area (Å²) in [7, 11) is 0. The van der Waals surface area contributed by atoms with E-state index in [1.165, 1.54) is 5.56 Å². The van der Waals surface area contributed by atoms with Gasteiger partial charge in [-0.05, 0) is 30.2 Å². The van der Waals surface area contributed by atoms with E-state index in [1.54, 1.807) is 6.92 Å². The van der Waals surface area contributed by atoms with Gasteiger partial charge in [-0.1, -0.05) is 24.3 Å². The second kappa shape index (κ2) is 4.60. The zero-order valence-electron chi connectivity index (χ0n) is 11.8. The van der Waals surface area contributed by atoms with Crippen LogP contribution in [0.4, 0.5) is 0 Å². The maximum atomic E-state index is 9.62. The molecular formula is C17H16N2O2. The number of imidazole rings is 1.